The average Bonchev–Trinajstić information content (AvgIpc) is 2.96. The van der Waals surface area contributed by atoms with Crippen LogP contribution in [0.3, 0.4) is 0 Å². The summed E-state index contributed by atoms with van der Waals surface area (Å²) in [7, 11) is 0. The van der Waals surface area contributed by atoms with Gasteiger partial charge >= 0.3 is 6.18 Å². The van der Waals surface area contributed by atoms with Crippen molar-refractivity contribution in [2.45, 2.75) is 44.1 Å². The zero-order valence-corrected chi connectivity index (χ0v) is 11.3. The van der Waals surface area contributed by atoms with Gasteiger partial charge in [0.15, 0.2) is 0 Å². The van der Waals surface area contributed by atoms with Gasteiger partial charge in [-0.15, -0.1) is 0 Å². The predicted molar refractivity (Wildman–Crippen MR) is 68.3 cm³/mol. The molecular weight excluding hydrogens is 285 g/mol. The quantitative estimate of drug-likeness (QED) is 0.866. The number of amides is 1. The van der Waals surface area contributed by atoms with E-state index in [1.54, 1.807) is 4.90 Å². The highest BCUT2D eigenvalue weighted by atomic mass is 19.4. The second-order valence-corrected chi connectivity index (χ2v) is 5.64. The van der Waals surface area contributed by atoms with Crippen molar-refractivity contribution in [3.63, 3.8) is 0 Å². The van der Waals surface area contributed by atoms with Gasteiger partial charge in [0.1, 0.15) is 0 Å². The topological polar surface area (TPSA) is 58.1 Å². The van der Waals surface area contributed by atoms with E-state index < -0.39 is 11.7 Å². The Bertz CT molecular complexity index is 533. The van der Waals surface area contributed by atoms with Crippen LogP contribution in [0.25, 0.3) is 0 Å². The number of alkyl halides is 3. The number of halogens is 3. The molecule has 2 heterocycles. The summed E-state index contributed by atoms with van der Waals surface area (Å²) in [5.41, 5.74) is -0.871. The lowest BCUT2D eigenvalue weighted by Gasteiger charge is -2.35. The maximum Gasteiger partial charge on any atom is 0.419 e. The number of fused-ring (bicyclic) bond motifs is 2. The molecule has 5 nitrogen and oxygen atoms in total. The normalized spacial score (nSPS) is 31.5. The van der Waals surface area contributed by atoms with E-state index in [1.807, 2.05) is 6.92 Å². The van der Waals surface area contributed by atoms with Crippen LogP contribution in [0, 0.1) is 5.92 Å². The predicted octanol–water partition coefficient (Wildman–Crippen LogP) is 1.91. The standard InChI is InChI=1S/C13H15F3N4O/c1-7-8-2-10(11(3-8)20(7)6-21)19-12-17-4-9(5-18-12)13(14,15)16/h4-8,10-11H,2-3H2,1H3,(H,17,18,19)/t7-,8+,10-,11+/m1/s1. The van der Waals surface area contributed by atoms with Gasteiger partial charge in [0.25, 0.3) is 0 Å². The average molecular weight is 300 g/mol. The van der Waals surface area contributed by atoms with Crippen molar-refractivity contribution >= 4 is 12.4 Å². The van der Waals surface area contributed by atoms with E-state index in [0.717, 1.165) is 31.6 Å². The van der Waals surface area contributed by atoms with Crippen LogP contribution >= 0.6 is 0 Å². The van der Waals surface area contributed by atoms with Crippen molar-refractivity contribution in [2.24, 2.45) is 5.92 Å². The zero-order valence-electron chi connectivity index (χ0n) is 11.3. The summed E-state index contributed by atoms with van der Waals surface area (Å²) in [6.07, 6.45) is -0.268. The number of hydrogen-bond donors (Lipinski definition) is 1. The van der Waals surface area contributed by atoms with Gasteiger partial charge in [0.05, 0.1) is 11.6 Å². The summed E-state index contributed by atoms with van der Waals surface area (Å²) in [5, 5.41) is 3.05. The van der Waals surface area contributed by atoms with Crippen LogP contribution in [0.2, 0.25) is 0 Å². The summed E-state index contributed by atoms with van der Waals surface area (Å²) in [4.78, 5) is 20.3. The molecule has 0 spiro atoms. The largest absolute Gasteiger partial charge is 0.419 e. The summed E-state index contributed by atoms with van der Waals surface area (Å²) in [5.74, 6) is 0.589. The number of carbonyl (C=O) groups excluding carboxylic acids is 1. The number of nitrogens with one attached hydrogen (secondary N) is 1. The minimum Gasteiger partial charge on any atom is -0.349 e. The number of carbonyl (C=O) groups is 1. The van der Waals surface area contributed by atoms with Crippen LogP contribution in [0.1, 0.15) is 25.3 Å². The SMILES string of the molecule is C[C@@H]1[C@H]2C[C@@H](Nc3ncc(C(F)(F)F)cn3)[C@H](C2)N1C=O. The first-order chi connectivity index (χ1) is 9.90. The molecule has 21 heavy (non-hydrogen) atoms. The Morgan fingerprint density at radius 1 is 1.33 bits per heavy atom. The zero-order chi connectivity index (χ0) is 15.2. The van der Waals surface area contributed by atoms with Crippen molar-refractivity contribution in [1.82, 2.24) is 14.9 Å². The number of likely N-dealkylation sites (tertiary alicyclic amines) is 1. The molecule has 2 fully saturated rings. The second kappa shape index (κ2) is 4.85. The van der Waals surface area contributed by atoms with Crippen molar-refractivity contribution in [1.29, 1.82) is 0 Å². The molecular formula is C13H15F3N4O. The van der Waals surface area contributed by atoms with Crippen molar-refractivity contribution in [2.75, 3.05) is 5.32 Å². The Kier molecular flexibility index (Phi) is 3.26. The van der Waals surface area contributed by atoms with E-state index in [9.17, 15) is 18.0 Å². The first-order valence-electron chi connectivity index (χ1n) is 6.78. The van der Waals surface area contributed by atoms with E-state index in [1.165, 1.54) is 0 Å². The Labute approximate surface area is 119 Å². The van der Waals surface area contributed by atoms with E-state index in [0.29, 0.717) is 5.92 Å². The van der Waals surface area contributed by atoms with Crippen molar-refractivity contribution in [3.05, 3.63) is 18.0 Å². The molecule has 1 aromatic heterocycles. The van der Waals surface area contributed by atoms with Crippen LogP contribution in [0.15, 0.2) is 12.4 Å². The molecule has 0 radical (unpaired) electrons. The molecule has 4 atom stereocenters. The highest BCUT2D eigenvalue weighted by Crippen LogP contribution is 2.42. The molecule has 1 saturated heterocycles. The number of aromatic nitrogens is 2. The molecule has 0 unspecified atom stereocenters. The third kappa shape index (κ3) is 2.43. The lowest BCUT2D eigenvalue weighted by Crippen LogP contribution is -2.48. The van der Waals surface area contributed by atoms with Gasteiger partial charge in [-0.1, -0.05) is 0 Å². The van der Waals surface area contributed by atoms with Gasteiger partial charge in [0, 0.05) is 24.5 Å². The number of hydrogen-bond acceptors (Lipinski definition) is 4. The third-order valence-corrected chi connectivity index (χ3v) is 4.52. The van der Waals surface area contributed by atoms with Crippen LogP contribution < -0.4 is 5.32 Å². The second-order valence-electron chi connectivity index (χ2n) is 5.64. The third-order valence-electron chi connectivity index (χ3n) is 4.52. The van der Waals surface area contributed by atoms with Crippen LogP contribution in [0.5, 0.6) is 0 Å². The van der Waals surface area contributed by atoms with Crippen LogP contribution in [0.4, 0.5) is 19.1 Å². The summed E-state index contributed by atoms with van der Waals surface area (Å²) in [6, 6.07) is 0.278. The molecule has 1 aliphatic heterocycles. The van der Waals surface area contributed by atoms with Crippen LogP contribution in [-0.2, 0) is 11.0 Å². The van der Waals surface area contributed by atoms with E-state index in [-0.39, 0.29) is 24.1 Å². The molecule has 1 aliphatic carbocycles. The maximum atomic E-state index is 12.4. The van der Waals surface area contributed by atoms with Gasteiger partial charge in [-0.05, 0) is 25.7 Å². The molecule has 1 saturated carbocycles. The maximum absolute atomic E-state index is 12.4. The Hall–Kier alpha value is -1.86. The summed E-state index contributed by atoms with van der Waals surface area (Å²) >= 11 is 0. The molecule has 3 rings (SSSR count). The highest BCUT2D eigenvalue weighted by Gasteiger charge is 2.49. The molecule has 114 valence electrons. The molecule has 8 heteroatoms. The fraction of sp³-hybridized carbons (Fsp3) is 0.615. The summed E-state index contributed by atoms with van der Waals surface area (Å²) in [6.45, 7) is 2.02. The minimum absolute atomic E-state index is 0.00635. The fourth-order valence-corrected chi connectivity index (χ4v) is 3.37. The molecule has 1 aromatic rings. The smallest absolute Gasteiger partial charge is 0.349 e. The number of rotatable bonds is 3. The lowest BCUT2D eigenvalue weighted by atomic mass is 9.98. The molecule has 2 bridgehead atoms. The Morgan fingerprint density at radius 3 is 2.52 bits per heavy atom. The van der Waals surface area contributed by atoms with Gasteiger partial charge in [-0.25, -0.2) is 9.97 Å². The van der Waals surface area contributed by atoms with Crippen LogP contribution in [-0.4, -0.2) is 39.4 Å². The van der Waals surface area contributed by atoms with E-state index >= 15 is 0 Å². The van der Waals surface area contributed by atoms with Gasteiger partial charge in [-0.2, -0.15) is 13.2 Å². The first-order valence-corrected chi connectivity index (χ1v) is 6.78. The number of piperidine rings is 1. The Balaban J connectivity index is 1.69. The molecule has 2 aliphatic rings. The summed E-state index contributed by atoms with van der Waals surface area (Å²) < 4.78 is 37.3. The lowest BCUT2D eigenvalue weighted by molar-refractivity contribution is -0.138. The fourth-order valence-electron chi connectivity index (χ4n) is 3.37. The van der Waals surface area contributed by atoms with E-state index in [4.69, 9.17) is 0 Å². The van der Waals surface area contributed by atoms with Gasteiger partial charge in [0.2, 0.25) is 12.4 Å². The first kappa shape index (κ1) is 14.1. The Morgan fingerprint density at radius 2 is 2.00 bits per heavy atom. The molecule has 1 N–H and O–H groups in total. The number of anilines is 1. The van der Waals surface area contributed by atoms with Gasteiger partial charge in [-0.3, -0.25) is 4.79 Å². The van der Waals surface area contributed by atoms with Gasteiger partial charge < -0.3 is 10.2 Å². The van der Waals surface area contributed by atoms with Crippen molar-refractivity contribution in [3.8, 4) is 0 Å². The van der Waals surface area contributed by atoms with E-state index in [2.05, 4.69) is 15.3 Å². The highest BCUT2D eigenvalue weighted by molar-refractivity contribution is 5.51. The van der Waals surface area contributed by atoms with Crippen molar-refractivity contribution < 1.29 is 18.0 Å². The molecule has 0 aromatic carbocycles. The minimum atomic E-state index is -4.44. The monoisotopic (exact) mass is 300 g/mol. The molecule has 1 amide bonds. The number of nitrogens with zero attached hydrogens (tertiary/aromatic N) is 3.